The molecular weight excluding hydrogens is 312 g/mol. The number of aromatic nitrogens is 1. The van der Waals surface area contributed by atoms with Crippen LogP contribution in [0.1, 0.15) is 61.6 Å². The molecule has 2 rings (SSSR count). The molecule has 2 aromatic rings. The van der Waals surface area contributed by atoms with Crippen molar-refractivity contribution in [2.45, 2.75) is 52.0 Å². The van der Waals surface area contributed by atoms with Gasteiger partial charge >= 0.3 is 0 Å². The number of pyridine rings is 1. The number of rotatable bonds is 6. The number of amides is 1. The molecule has 0 aliphatic heterocycles. The minimum Gasteiger partial charge on any atom is -0.346 e. The van der Waals surface area contributed by atoms with Gasteiger partial charge in [-0.15, -0.1) is 0 Å². The standard InChI is InChI=1S/C21H26N2O2/c1-15(17-8-6-5-7-9-17)12-18(24)13-16-10-11-22-19(14-16)20(25)23-21(2,3)4/h5-11,14-15H,12-13H2,1-4H3,(H,23,25)/t15-/m0/s1. The second-order valence-electron chi connectivity index (χ2n) is 7.48. The summed E-state index contributed by atoms with van der Waals surface area (Å²) in [5.74, 6) is 0.114. The highest BCUT2D eigenvalue weighted by Gasteiger charge is 2.17. The zero-order valence-corrected chi connectivity index (χ0v) is 15.4. The largest absolute Gasteiger partial charge is 0.346 e. The van der Waals surface area contributed by atoms with Gasteiger partial charge in [0.15, 0.2) is 0 Å². The molecule has 1 heterocycles. The van der Waals surface area contributed by atoms with E-state index in [2.05, 4.69) is 17.2 Å². The van der Waals surface area contributed by atoms with Crippen molar-refractivity contribution in [1.82, 2.24) is 10.3 Å². The number of benzene rings is 1. The molecule has 4 nitrogen and oxygen atoms in total. The first-order chi connectivity index (χ1) is 11.7. The van der Waals surface area contributed by atoms with Crippen LogP contribution in [0, 0.1) is 0 Å². The Balaban J connectivity index is 1.99. The Morgan fingerprint density at radius 3 is 2.44 bits per heavy atom. The Bertz CT molecular complexity index is 733. The molecule has 132 valence electrons. The van der Waals surface area contributed by atoms with Crippen LogP contribution in [0.3, 0.4) is 0 Å². The summed E-state index contributed by atoms with van der Waals surface area (Å²) in [6.07, 6.45) is 2.38. The Hall–Kier alpha value is -2.49. The van der Waals surface area contributed by atoms with Crippen molar-refractivity contribution in [3.05, 3.63) is 65.5 Å². The van der Waals surface area contributed by atoms with E-state index in [0.717, 1.165) is 11.1 Å². The molecule has 0 aliphatic carbocycles. The number of nitrogens with one attached hydrogen (secondary N) is 1. The number of nitrogens with zero attached hydrogens (tertiary/aromatic N) is 1. The molecule has 1 aromatic heterocycles. The number of carbonyl (C=O) groups is 2. The fourth-order valence-corrected chi connectivity index (χ4v) is 2.65. The summed E-state index contributed by atoms with van der Waals surface area (Å²) in [6.45, 7) is 7.82. The third-order valence-electron chi connectivity index (χ3n) is 3.85. The summed E-state index contributed by atoms with van der Waals surface area (Å²) < 4.78 is 0. The number of hydrogen-bond donors (Lipinski definition) is 1. The van der Waals surface area contributed by atoms with Crippen LogP contribution >= 0.6 is 0 Å². The van der Waals surface area contributed by atoms with Gasteiger partial charge in [0.1, 0.15) is 11.5 Å². The lowest BCUT2D eigenvalue weighted by atomic mass is 9.93. The van der Waals surface area contributed by atoms with Gasteiger partial charge in [-0.2, -0.15) is 0 Å². The Labute approximate surface area is 149 Å². The number of carbonyl (C=O) groups excluding carboxylic acids is 2. The maximum Gasteiger partial charge on any atom is 0.270 e. The van der Waals surface area contributed by atoms with Gasteiger partial charge in [0.05, 0.1) is 0 Å². The van der Waals surface area contributed by atoms with Crippen molar-refractivity contribution in [2.75, 3.05) is 0 Å². The Kier molecular flexibility index (Phi) is 6.07. The van der Waals surface area contributed by atoms with E-state index in [0.29, 0.717) is 18.5 Å². The molecule has 0 fully saturated rings. The van der Waals surface area contributed by atoms with Gasteiger partial charge in [0.2, 0.25) is 0 Å². The molecule has 0 aliphatic rings. The molecule has 0 unspecified atom stereocenters. The van der Waals surface area contributed by atoms with E-state index < -0.39 is 0 Å². The number of Topliss-reactive ketones (excluding diaryl/α,β-unsaturated/α-hetero) is 1. The van der Waals surface area contributed by atoms with Gasteiger partial charge in [-0.25, -0.2) is 0 Å². The summed E-state index contributed by atoms with van der Waals surface area (Å²) in [5.41, 5.74) is 2.00. The quantitative estimate of drug-likeness (QED) is 0.868. The zero-order chi connectivity index (χ0) is 18.4. The number of ketones is 1. The van der Waals surface area contributed by atoms with Crippen LogP contribution < -0.4 is 5.32 Å². The molecule has 0 spiro atoms. The van der Waals surface area contributed by atoms with Gasteiger partial charge < -0.3 is 5.32 Å². The summed E-state index contributed by atoms with van der Waals surface area (Å²) in [5, 5.41) is 2.88. The summed E-state index contributed by atoms with van der Waals surface area (Å²) in [4.78, 5) is 28.7. The predicted molar refractivity (Wildman–Crippen MR) is 99.6 cm³/mol. The molecule has 25 heavy (non-hydrogen) atoms. The van der Waals surface area contributed by atoms with Crippen LogP contribution in [0.2, 0.25) is 0 Å². The van der Waals surface area contributed by atoms with Crippen molar-refractivity contribution in [3.63, 3.8) is 0 Å². The molecule has 0 radical (unpaired) electrons. The summed E-state index contributed by atoms with van der Waals surface area (Å²) >= 11 is 0. The maximum atomic E-state index is 12.4. The van der Waals surface area contributed by atoms with Crippen LogP contribution in [0.4, 0.5) is 0 Å². The summed E-state index contributed by atoms with van der Waals surface area (Å²) in [7, 11) is 0. The van der Waals surface area contributed by atoms with E-state index >= 15 is 0 Å². The predicted octanol–water partition coefficient (Wildman–Crippen LogP) is 3.92. The molecule has 1 N–H and O–H groups in total. The second-order valence-corrected chi connectivity index (χ2v) is 7.48. The Morgan fingerprint density at radius 2 is 1.80 bits per heavy atom. The van der Waals surface area contributed by atoms with Gasteiger partial charge in [-0.1, -0.05) is 37.3 Å². The molecule has 0 bridgehead atoms. The van der Waals surface area contributed by atoms with Gasteiger partial charge in [0.25, 0.3) is 5.91 Å². The van der Waals surface area contributed by atoms with E-state index in [-0.39, 0.29) is 23.1 Å². The molecule has 1 amide bonds. The topological polar surface area (TPSA) is 59.1 Å². The summed E-state index contributed by atoms with van der Waals surface area (Å²) in [6, 6.07) is 13.5. The average Bonchev–Trinajstić information content (AvgIpc) is 2.54. The highest BCUT2D eigenvalue weighted by atomic mass is 16.2. The monoisotopic (exact) mass is 338 g/mol. The van der Waals surface area contributed by atoms with E-state index in [1.54, 1.807) is 18.3 Å². The van der Waals surface area contributed by atoms with Crippen LogP contribution in [-0.2, 0) is 11.2 Å². The van der Waals surface area contributed by atoms with Gasteiger partial charge in [0, 0.05) is 24.6 Å². The van der Waals surface area contributed by atoms with Gasteiger partial charge in [-0.3, -0.25) is 14.6 Å². The fraction of sp³-hybridized carbons (Fsp3) is 0.381. The smallest absolute Gasteiger partial charge is 0.270 e. The van der Waals surface area contributed by atoms with E-state index in [1.807, 2.05) is 51.1 Å². The molecule has 1 atom stereocenters. The first kappa shape index (κ1) is 18.8. The van der Waals surface area contributed by atoms with Crippen molar-refractivity contribution in [3.8, 4) is 0 Å². The lowest BCUT2D eigenvalue weighted by Crippen LogP contribution is -2.40. The average molecular weight is 338 g/mol. The van der Waals surface area contributed by atoms with E-state index in [1.165, 1.54) is 0 Å². The lowest BCUT2D eigenvalue weighted by Gasteiger charge is -2.20. The zero-order valence-electron chi connectivity index (χ0n) is 15.4. The molecule has 1 aromatic carbocycles. The normalized spacial score (nSPS) is 12.5. The van der Waals surface area contributed by atoms with E-state index in [9.17, 15) is 9.59 Å². The Morgan fingerprint density at radius 1 is 1.12 bits per heavy atom. The highest BCUT2D eigenvalue weighted by molar-refractivity contribution is 5.93. The maximum absolute atomic E-state index is 12.4. The first-order valence-electron chi connectivity index (χ1n) is 8.59. The molecule has 4 heteroatoms. The molecule has 0 saturated carbocycles. The number of hydrogen-bond acceptors (Lipinski definition) is 3. The van der Waals surface area contributed by atoms with Crippen LogP contribution in [0.25, 0.3) is 0 Å². The minimum absolute atomic E-state index is 0.157. The van der Waals surface area contributed by atoms with Crippen LogP contribution in [0.5, 0.6) is 0 Å². The first-order valence-corrected chi connectivity index (χ1v) is 8.59. The van der Waals surface area contributed by atoms with Crippen molar-refractivity contribution in [1.29, 1.82) is 0 Å². The fourth-order valence-electron chi connectivity index (χ4n) is 2.65. The van der Waals surface area contributed by atoms with Crippen LogP contribution in [-0.4, -0.2) is 22.2 Å². The van der Waals surface area contributed by atoms with Gasteiger partial charge in [-0.05, 0) is 49.9 Å². The van der Waals surface area contributed by atoms with Crippen molar-refractivity contribution >= 4 is 11.7 Å². The highest BCUT2D eigenvalue weighted by Crippen LogP contribution is 2.19. The SMILES string of the molecule is C[C@@H](CC(=O)Cc1ccnc(C(=O)NC(C)(C)C)c1)c1ccccc1. The molecular formula is C21H26N2O2. The van der Waals surface area contributed by atoms with E-state index in [4.69, 9.17) is 0 Å². The van der Waals surface area contributed by atoms with Crippen molar-refractivity contribution in [2.24, 2.45) is 0 Å². The van der Waals surface area contributed by atoms with Crippen LogP contribution in [0.15, 0.2) is 48.7 Å². The second kappa shape index (κ2) is 8.06. The third kappa shape index (κ3) is 6.14. The third-order valence-corrected chi connectivity index (χ3v) is 3.85. The van der Waals surface area contributed by atoms with Crippen molar-refractivity contribution < 1.29 is 9.59 Å². The lowest BCUT2D eigenvalue weighted by molar-refractivity contribution is -0.118. The molecule has 0 saturated heterocycles. The minimum atomic E-state index is -0.324.